The molecule has 0 aliphatic carbocycles. The molecule has 0 atom stereocenters. The Morgan fingerprint density at radius 3 is 2.39 bits per heavy atom. The van der Waals surface area contributed by atoms with E-state index in [4.69, 9.17) is 9.47 Å². The molecule has 8 nitrogen and oxygen atoms in total. The zero-order valence-electron chi connectivity index (χ0n) is 17.8. The number of carbonyl (C=O) groups excluding carboxylic acids is 2. The van der Waals surface area contributed by atoms with Gasteiger partial charge in [0.2, 0.25) is 11.8 Å². The summed E-state index contributed by atoms with van der Waals surface area (Å²) >= 11 is 4.15. The Bertz CT molecular complexity index is 922. The van der Waals surface area contributed by atoms with Gasteiger partial charge in [-0.3, -0.25) is 9.59 Å². The lowest BCUT2D eigenvalue weighted by molar-refractivity contribution is -0.129. The van der Waals surface area contributed by atoms with Crippen molar-refractivity contribution < 1.29 is 19.1 Å². The van der Waals surface area contributed by atoms with Gasteiger partial charge in [0.05, 0.1) is 25.7 Å². The third-order valence-corrected chi connectivity index (χ3v) is 7.85. The molecule has 0 saturated carbocycles. The molecule has 2 amide bonds. The Morgan fingerprint density at radius 1 is 1.10 bits per heavy atom. The smallest absolute Gasteiger partial charge is 0.233 e. The Kier molecular flexibility index (Phi) is 8.85. The van der Waals surface area contributed by atoms with Gasteiger partial charge >= 0.3 is 0 Å². The summed E-state index contributed by atoms with van der Waals surface area (Å²) in [7, 11) is 3.23. The Morgan fingerprint density at radius 2 is 1.74 bits per heavy atom. The molecule has 1 aromatic carbocycles. The van der Waals surface area contributed by atoms with Crippen molar-refractivity contribution in [1.29, 1.82) is 0 Å². The summed E-state index contributed by atoms with van der Waals surface area (Å²) in [5.41, 5.74) is 2.27. The number of nitrogens with one attached hydrogen (secondary N) is 1. The second-order valence-corrected chi connectivity index (χ2v) is 10.2. The first-order valence-electron chi connectivity index (χ1n) is 9.91. The molecule has 2 heterocycles. The second-order valence-electron chi connectivity index (χ2n) is 6.80. The van der Waals surface area contributed by atoms with E-state index >= 15 is 0 Å². The normalized spacial score (nSPS) is 12.9. The first-order chi connectivity index (χ1) is 15.0. The number of methoxy groups -OCH3 is 2. The molecule has 0 fully saturated rings. The fraction of sp³-hybridized carbons (Fsp3) is 0.500. The van der Waals surface area contributed by atoms with Gasteiger partial charge in [0.1, 0.15) is 0 Å². The number of hydrogen-bond acceptors (Lipinski definition) is 9. The SMILES string of the molecule is CCCNC(=O)CSc1nnc(SCC(=O)N2CCc3cc(OC)c(OC)cc3C2)s1. The van der Waals surface area contributed by atoms with E-state index in [9.17, 15) is 9.59 Å². The summed E-state index contributed by atoms with van der Waals surface area (Å²) < 4.78 is 12.2. The molecule has 11 heteroatoms. The maximum Gasteiger partial charge on any atom is 0.233 e. The molecule has 1 aliphatic heterocycles. The fourth-order valence-corrected chi connectivity index (χ4v) is 5.82. The summed E-state index contributed by atoms with van der Waals surface area (Å²) in [5.74, 6) is 2.06. The van der Waals surface area contributed by atoms with Crippen molar-refractivity contribution in [2.45, 2.75) is 35.0 Å². The number of carbonyl (C=O) groups is 2. The van der Waals surface area contributed by atoms with Gasteiger partial charge < -0.3 is 19.7 Å². The summed E-state index contributed by atoms with van der Waals surface area (Å²) in [4.78, 5) is 26.3. The zero-order chi connectivity index (χ0) is 22.2. The monoisotopic (exact) mass is 482 g/mol. The Hall–Kier alpha value is -1.98. The molecule has 0 bridgehead atoms. The minimum Gasteiger partial charge on any atom is -0.493 e. The van der Waals surface area contributed by atoms with Crippen LogP contribution in [0, 0.1) is 0 Å². The maximum absolute atomic E-state index is 12.7. The van der Waals surface area contributed by atoms with E-state index in [1.807, 2.05) is 24.0 Å². The second kappa shape index (κ2) is 11.6. The lowest BCUT2D eigenvalue weighted by Crippen LogP contribution is -2.37. The van der Waals surface area contributed by atoms with Crippen molar-refractivity contribution in [3.8, 4) is 11.5 Å². The summed E-state index contributed by atoms with van der Waals surface area (Å²) in [6.07, 6.45) is 1.69. The summed E-state index contributed by atoms with van der Waals surface area (Å²) in [6, 6.07) is 3.94. The van der Waals surface area contributed by atoms with Crippen molar-refractivity contribution in [3.05, 3.63) is 23.3 Å². The average molecular weight is 483 g/mol. The lowest BCUT2D eigenvalue weighted by atomic mass is 9.99. The van der Waals surface area contributed by atoms with Gasteiger partial charge in [-0.05, 0) is 36.1 Å². The third kappa shape index (κ3) is 6.50. The van der Waals surface area contributed by atoms with E-state index in [-0.39, 0.29) is 11.8 Å². The molecule has 0 saturated heterocycles. The molecule has 1 aromatic heterocycles. The summed E-state index contributed by atoms with van der Waals surface area (Å²) in [6.45, 7) is 3.92. The average Bonchev–Trinajstić information content (AvgIpc) is 3.26. The molecular formula is C20H26N4O4S3. The van der Waals surface area contributed by atoms with Crippen LogP contribution in [0.4, 0.5) is 0 Å². The van der Waals surface area contributed by atoms with Gasteiger partial charge in [0.15, 0.2) is 20.2 Å². The van der Waals surface area contributed by atoms with Crippen LogP contribution in [-0.4, -0.2) is 65.7 Å². The van der Waals surface area contributed by atoms with Crippen LogP contribution in [0.25, 0.3) is 0 Å². The van der Waals surface area contributed by atoms with Gasteiger partial charge in [-0.2, -0.15) is 0 Å². The highest BCUT2D eigenvalue weighted by Gasteiger charge is 2.23. The van der Waals surface area contributed by atoms with Crippen LogP contribution in [0.2, 0.25) is 0 Å². The highest BCUT2D eigenvalue weighted by Crippen LogP contribution is 2.34. The number of fused-ring (bicyclic) bond motifs is 1. The van der Waals surface area contributed by atoms with Gasteiger partial charge in [0.25, 0.3) is 0 Å². The van der Waals surface area contributed by atoms with Crippen molar-refractivity contribution in [2.75, 3.05) is 38.8 Å². The minimum atomic E-state index is -0.00828. The van der Waals surface area contributed by atoms with Crippen LogP contribution in [0.1, 0.15) is 24.5 Å². The predicted octanol–water partition coefficient (Wildman–Crippen LogP) is 2.85. The van der Waals surface area contributed by atoms with Crippen molar-refractivity contribution in [3.63, 3.8) is 0 Å². The number of nitrogens with zero attached hydrogens (tertiary/aromatic N) is 3. The molecule has 31 heavy (non-hydrogen) atoms. The molecule has 1 N–H and O–H groups in total. The number of aromatic nitrogens is 2. The van der Waals surface area contributed by atoms with Crippen molar-refractivity contribution >= 4 is 46.7 Å². The van der Waals surface area contributed by atoms with Crippen LogP contribution in [0.15, 0.2) is 20.8 Å². The maximum atomic E-state index is 12.7. The highest BCUT2D eigenvalue weighted by molar-refractivity contribution is 8.03. The third-order valence-electron chi connectivity index (χ3n) is 4.68. The number of ether oxygens (including phenoxy) is 2. The first kappa shape index (κ1) is 23.7. The highest BCUT2D eigenvalue weighted by atomic mass is 32.2. The van der Waals surface area contributed by atoms with Crippen LogP contribution in [0.5, 0.6) is 11.5 Å². The topological polar surface area (TPSA) is 93.7 Å². The number of hydrogen-bond donors (Lipinski definition) is 1. The van der Waals surface area contributed by atoms with Crippen LogP contribution < -0.4 is 14.8 Å². The minimum absolute atomic E-state index is 0.00828. The van der Waals surface area contributed by atoms with E-state index in [0.29, 0.717) is 42.6 Å². The molecular weight excluding hydrogens is 456 g/mol. The van der Waals surface area contributed by atoms with E-state index in [1.165, 1.54) is 40.4 Å². The molecule has 2 aromatic rings. The van der Waals surface area contributed by atoms with Gasteiger partial charge in [0, 0.05) is 19.6 Å². The van der Waals surface area contributed by atoms with Crippen LogP contribution in [-0.2, 0) is 22.6 Å². The number of rotatable bonds is 10. The molecule has 1 aliphatic rings. The van der Waals surface area contributed by atoms with E-state index in [1.54, 1.807) is 14.2 Å². The molecule has 168 valence electrons. The van der Waals surface area contributed by atoms with Gasteiger partial charge in [-0.15, -0.1) is 10.2 Å². The first-order valence-corrected chi connectivity index (χ1v) is 12.7. The quantitative estimate of drug-likeness (QED) is 0.517. The molecule has 0 unspecified atom stereocenters. The molecule has 3 rings (SSSR count). The standard InChI is InChI=1S/C20H26N4O4S3/c1-4-6-21-17(25)11-29-19-22-23-20(31-19)30-12-18(26)24-7-5-13-8-15(27-2)16(28-3)9-14(13)10-24/h8-9H,4-7,10-12H2,1-3H3,(H,21,25). The molecule has 0 radical (unpaired) electrons. The fourth-order valence-electron chi connectivity index (χ4n) is 3.07. The number of thioether (sulfide) groups is 2. The van der Waals surface area contributed by atoms with E-state index in [0.717, 1.165) is 27.1 Å². The number of benzene rings is 1. The zero-order valence-corrected chi connectivity index (χ0v) is 20.3. The number of amides is 2. The van der Waals surface area contributed by atoms with E-state index in [2.05, 4.69) is 15.5 Å². The van der Waals surface area contributed by atoms with Crippen molar-refractivity contribution in [1.82, 2.24) is 20.4 Å². The van der Waals surface area contributed by atoms with Crippen LogP contribution >= 0.6 is 34.9 Å². The Labute approximate surface area is 194 Å². The molecule has 0 spiro atoms. The Balaban J connectivity index is 1.49. The van der Waals surface area contributed by atoms with Gasteiger partial charge in [-0.1, -0.05) is 41.8 Å². The predicted molar refractivity (Wildman–Crippen MR) is 123 cm³/mol. The van der Waals surface area contributed by atoms with Crippen LogP contribution in [0.3, 0.4) is 0 Å². The lowest BCUT2D eigenvalue weighted by Gasteiger charge is -2.29. The summed E-state index contributed by atoms with van der Waals surface area (Å²) in [5, 5.41) is 11.1. The van der Waals surface area contributed by atoms with Gasteiger partial charge in [-0.25, -0.2) is 0 Å². The largest absolute Gasteiger partial charge is 0.493 e. The van der Waals surface area contributed by atoms with E-state index < -0.39 is 0 Å². The van der Waals surface area contributed by atoms with Crippen molar-refractivity contribution in [2.24, 2.45) is 0 Å².